The van der Waals surface area contributed by atoms with Crippen molar-refractivity contribution in [3.63, 3.8) is 0 Å². The third-order valence-electron chi connectivity index (χ3n) is 4.96. The van der Waals surface area contributed by atoms with Crippen molar-refractivity contribution in [1.29, 1.82) is 0 Å². The van der Waals surface area contributed by atoms with Gasteiger partial charge in [0.15, 0.2) is 5.96 Å². The van der Waals surface area contributed by atoms with Gasteiger partial charge in [0.2, 0.25) is 0 Å². The highest BCUT2D eigenvalue weighted by atomic mass is 127. The Morgan fingerprint density at radius 2 is 2.10 bits per heavy atom. The number of guanidine groups is 1. The summed E-state index contributed by atoms with van der Waals surface area (Å²) in [6.07, 6.45) is 5.81. The van der Waals surface area contributed by atoms with Gasteiger partial charge in [-0.25, -0.2) is 0 Å². The SMILES string of the molecule is CCNC(=NCC1CC1(C)C)NC1CC2CCC1O2.I. The summed E-state index contributed by atoms with van der Waals surface area (Å²) >= 11 is 0. The molecule has 0 amide bonds. The zero-order chi connectivity index (χ0) is 13.5. The van der Waals surface area contributed by atoms with E-state index in [1.165, 1.54) is 19.3 Å². The molecular weight excluding hydrogens is 365 g/mol. The first kappa shape index (κ1) is 16.3. The van der Waals surface area contributed by atoms with Gasteiger partial charge in [0.25, 0.3) is 0 Å². The maximum atomic E-state index is 5.89. The molecule has 3 aliphatic rings. The minimum atomic E-state index is 0. The third-order valence-corrected chi connectivity index (χ3v) is 4.96. The fourth-order valence-corrected chi connectivity index (χ4v) is 3.37. The van der Waals surface area contributed by atoms with Crippen molar-refractivity contribution < 1.29 is 4.74 Å². The van der Waals surface area contributed by atoms with Crippen LogP contribution in [-0.4, -0.2) is 37.3 Å². The summed E-state index contributed by atoms with van der Waals surface area (Å²) in [5.41, 5.74) is 0.510. The number of fused-ring (bicyclic) bond motifs is 2. The monoisotopic (exact) mass is 393 g/mol. The summed E-state index contributed by atoms with van der Waals surface area (Å²) < 4.78 is 5.89. The Labute approximate surface area is 139 Å². The van der Waals surface area contributed by atoms with Crippen LogP contribution in [0.25, 0.3) is 0 Å². The number of aliphatic imine (C=N–C) groups is 1. The van der Waals surface area contributed by atoms with E-state index in [0.29, 0.717) is 23.7 Å². The van der Waals surface area contributed by atoms with E-state index >= 15 is 0 Å². The average molecular weight is 393 g/mol. The largest absolute Gasteiger partial charge is 0.373 e. The van der Waals surface area contributed by atoms with Crippen molar-refractivity contribution >= 4 is 29.9 Å². The van der Waals surface area contributed by atoms with Crippen molar-refractivity contribution in [2.24, 2.45) is 16.3 Å². The molecule has 5 heteroatoms. The van der Waals surface area contributed by atoms with Crippen LogP contribution in [0.3, 0.4) is 0 Å². The van der Waals surface area contributed by atoms with Crippen LogP contribution < -0.4 is 10.6 Å². The molecule has 3 rings (SSSR count). The lowest BCUT2D eigenvalue weighted by molar-refractivity contribution is 0.0992. The highest BCUT2D eigenvalue weighted by Gasteiger charge is 2.45. The second-order valence-corrected chi connectivity index (χ2v) is 6.97. The Morgan fingerprint density at radius 3 is 2.60 bits per heavy atom. The number of hydrogen-bond donors (Lipinski definition) is 2. The van der Waals surface area contributed by atoms with Gasteiger partial charge in [-0.1, -0.05) is 13.8 Å². The summed E-state index contributed by atoms with van der Waals surface area (Å²) in [6, 6.07) is 0.462. The third kappa shape index (κ3) is 3.59. The van der Waals surface area contributed by atoms with Gasteiger partial charge >= 0.3 is 0 Å². The molecule has 2 saturated heterocycles. The van der Waals surface area contributed by atoms with Gasteiger partial charge in [0, 0.05) is 13.1 Å². The molecule has 20 heavy (non-hydrogen) atoms. The normalized spacial score (nSPS) is 37.5. The van der Waals surface area contributed by atoms with Crippen LogP contribution >= 0.6 is 24.0 Å². The number of nitrogens with zero attached hydrogens (tertiary/aromatic N) is 1. The van der Waals surface area contributed by atoms with Crippen LogP contribution in [0, 0.1) is 11.3 Å². The Morgan fingerprint density at radius 1 is 1.35 bits per heavy atom. The first-order valence-corrected chi connectivity index (χ1v) is 7.79. The summed E-state index contributed by atoms with van der Waals surface area (Å²) in [6.45, 7) is 8.65. The van der Waals surface area contributed by atoms with Gasteiger partial charge in [-0.15, -0.1) is 24.0 Å². The molecule has 4 atom stereocenters. The van der Waals surface area contributed by atoms with Gasteiger partial charge in [-0.2, -0.15) is 0 Å². The first-order valence-electron chi connectivity index (χ1n) is 7.79. The topological polar surface area (TPSA) is 45.7 Å². The van der Waals surface area contributed by atoms with E-state index in [-0.39, 0.29) is 24.0 Å². The number of halogens is 1. The lowest BCUT2D eigenvalue weighted by atomic mass is 9.96. The summed E-state index contributed by atoms with van der Waals surface area (Å²) in [5, 5.41) is 6.94. The van der Waals surface area contributed by atoms with Crippen molar-refractivity contribution in [2.75, 3.05) is 13.1 Å². The van der Waals surface area contributed by atoms with Crippen LogP contribution in [0.5, 0.6) is 0 Å². The highest BCUT2D eigenvalue weighted by molar-refractivity contribution is 14.0. The standard InChI is InChI=1S/C15H27N3O.HI/c1-4-16-14(17-9-10-8-15(10,2)3)18-12-7-11-5-6-13(12)19-11;/h10-13H,4-9H2,1-3H3,(H2,16,17,18);1H. The van der Waals surface area contributed by atoms with E-state index < -0.39 is 0 Å². The lowest BCUT2D eigenvalue weighted by Gasteiger charge is -2.22. The number of nitrogens with one attached hydrogen (secondary N) is 2. The molecule has 0 aromatic rings. The Kier molecular flexibility index (Phi) is 5.21. The smallest absolute Gasteiger partial charge is 0.191 e. The Bertz CT molecular complexity index is 372. The van der Waals surface area contributed by atoms with Gasteiger partial charge in [-0.3, -0.25) is 4.99 Å². The van der Waals surface area contributed by atoms with Crippen molar-refractivity contribution in [3.05, 3.63) is 0 Å². The quantitative estimate of drug-likeness (QED) is 0.439. The Hall–Kier alpha value is -0.0400. The predicted octanol–water partition coefficient (Wildman–Crippen LogP) is 2.53. The van der Waals surface area contributed by atoms with Crippen LogP contribution in [0.2, 0.25) is 0 Å². The maximum absolute atomic E-state index is 5.89. The summed E-state index contributed by atoms with van der Waals surface area (Å²) in [4.78, 5) is 4.76. The van der Waals surface area contributed by atoms with Crippen molar-refractivity contribution in [2.45, 2.75) is 64.7 Å². The van der Waals surface area contributed by atoms with E-state index in [9.17, 15) is 0 Å². The summed E-state index contributed by atoms with van der Waals surface area (Å²) in [5.74, 6) is 1.74. The number of hydrogen-bond acceptors (Lipinski definition) is 2. The minimum absolute atomic E-state index is 0. The van der Waals surface area contributed by atoms with Gasteiger partial charge < -0.3 is 15.4 Å². The highest BCUT2D eigenvalue weighted by Crippen LogP contribution is 2.51. The second-order valence-electron chi connectivity index (χ2n) is 6.97. The first-order chi connectivity index (χ1) is 9.08. The second kappa shape index (κ2) is 6.38. The zero-order valence-corrected chi connectivity index (χ0v) is 15.1. The van der Waals surface area contributed by atoms with E-state index in [1.807, 2.05) is 0 Å². The average Bonchev–Trinajstić information content (AvgIpc) is 2.75. The van der Waals surface area contributed by atoms with Crippen LogP contribution in [-0.2, 0) is 4.74 Å². The Balaban J connectivity index is 0.00000147. The molecule has 2 aliphatic heterocycles. The molecular formula is C15H28IN3O. The molecule has 0 radical (unpaired) electrons. The fourth-order valence-electron chi connectivity index (χ4n) is 3.37. The molecule has 0 aromatic carbocycles. The molecule has 2 bridgehead atoms. The van der Waals surface area contributed by atoms with Crippen molar-refractivity contribution in [3.8, 4) is 0 Å². The van der Waals surface area contributed by atoms with Crippen LogP contribution in [0.4, 0.5) is 0 Å². The van der Waals surface area contributed by atoms with Crippen LogP contribution in [0.1, 0.15) is 46.5 Å². The molecule has 116 valence electrons. The molecule has 0 aromatic heterocycles. The zero-order valence-electron chi connectivity index (χ0n) is 12.8. The van der Waals surface area contributed by atoms with Gasteiger partial charge in [0.1, 0.15) is 0 Å². The minimum Gasteiger partial charge on any atom is -0.373 e. The van der Waals surface area contributed by atoms with E-state index in [4.69, 9.17) is 9.73 Å². The maximum Gasteiger partial charge on any atom is 0.191 e. The molecule has 1 saturated carbocycles. The number of ether oxygens (including phenoxy) is 1. The predicted molar refractivity (Wildman–Crippen MR) is 92.7 cm³/mol. The number of rotatable bonds is 4. The van der Waals surface area contributed by atoms with Gasteiger partial charge in [-0.05, 0) is 43.9 Å². The van der Waals surface area contributed by atoms with E-state index in [0.717, 1.165) is 31.4 Å². The van der Waals surface area contributed by atoms with E-state index in [2.05, 4.69) is 31.4 Å². The molecule has 3 fully saturated rings. The van der Waals surface area contributed by atoms with Crippen molar-refractivity contribution in [1.82, 2.24) is 10.6 Å². The molecule has 1 aliphatic carbocycles. The molecule has 4 nitrogen and oxygen atoms in total. The molecule has 4 unspecified atom stereocenters. The van der Waals surface area contributed by atoms with Crippen LogP contribution in [0.15, 0.2) is 4.99 Å². The molecule has 0 spiro atoms. The lowest BCUT2D eigenvalue weighted by Crippen LogP contribution is -2.47. The van der Waals surface area contributed by atoms with E-state index in [1.54, 1.807) is 0 Å². The van der Waals surface area contributed by atoms with Gasteiger partial charge in [0.05, 0.1) is 18.2 Å². The fraction of sp³-hybridized carbons (Fsp3) is 0.933. The summed E-state index contributed by atoms with van der Waals surface area (Å²) in [7, 11) is 0. The molecule has 2 heterocycles. The molecule has 2 N–H and O–H groups in total.